The molecule has 126 valence electrons. The minimum Gasteiger partial charge on any atom is -0.497 e. The smallest absolute Gasteiger partial charge is 0.264 e. The van der Waals surface area contributed by atoms with Crippen LogP contribution >= 0.6 is 39.7 Å². The van der Waals surface area contributed by atoms with Crippen LogP contribution in [0.4, 0.5) is 5.69 Å². The summed E-state index contributed by atoms with van der Waals surface area (Å²) in [5, 5.41) is 6.02. The summed E-state index contributed by atoms with van der Waals surface area (Å²) in [6.45, 7) is -0.203. The molecular formula is C16H14BrClN2O3S. The predicted molar refractivity (Wildman–Crippen MR) is 102 cm³/mol. The van der Waals surface area contributed by atoms with Crippen molar-refractivity contribution in [1.82, 2.24) is 5.32 Å². The number of ether oxygens (including phenoxy) is 2. The number of thiocarbonyl (C=S) groups is 1. The van der Waals surface area contributed by atoms with Gasteiger partial charge in [-0.1, -0.05) is 27.5 Å². The number of halogens is 2. The Morgan fingerprint density at radius 2 is 1.96 bits per heavy atom. The fourth-order valence-corrected chi connectivity index (χ4v) is 2.69. The number of carbonyl (C=O) groups excluding carboxylic acids is 1. The highest BCUT2D eigenvalue weighted by molar-refractivity contribution is 9.10. The Labute approximate surface area is 158 Å². The first-order chi connectivity index (χ1) is 11.5. The monoisotopic (exact) mass is 428 g/mol. The average molecular weight is 430 g/mol. The lowest BCUT2D eigenvalue weighted by Crippen LogP contribution is -2.37. The zero-order valence-corrected chi connectivity index (χ0v) is 15.8. The lowest BCUT2D eigenvalue weighted by atomic mass is 10.3. The first-order valence-electron chi connectivity index (χ1n) is 6.80. The van der Waals surface area contributed by atoms with Gasteiger partial charge < -0.3 is 14.8 Å². The Bertz CT molecular complexity index is 741. The van der Waals surface area contributed by atoms with Crippen LogP contribution in [0.3, 0.4) is 0 Å². The maximum atomic E-state index is 11.9. The predicted octanol–water partition coefficient (Wildman–Crippen LogP) is 4.00. The molecule has 0 bridgehead atoms. The van der Waals surface area contributed by atoms with Crippen LogP contribution in [0.2, 0.25) is 5.02 Å². The summed E-state index contributed by atoms with van der Waals surface area (Å²) in [7, 11) is 1.59. The number of rotatable bonds is 5. The third kappa shape index (κ3) is 5.67. The van der Waals surface area contributed by atoms with Gasteiger partial charge in [0.25, 0.3) is 5.91 Å². The van der Waals surface area contributed by atoms with Crippen molar-refractivity contribution in [1.29, 1.82) is 0 Å². The van der Waals surface area contributed by atoms with Crippen molar-refractivity contribution in [3.05, 3.63) is 52.0 Å². The zero-order chi connectivity index (χ0) is 17.5. The number of anilines is 1. The normalized spacial score (nSPS) is 9.96. The second kappa shape index (κ2) is 8.86. The van der Waals surface area contributed by atoms with Gasteiger partial charge in [-0.15, -0.1) is 0 Å². The number of methoxy groups -OCH3 is 1. The van der Waals surface area contributed by atoms with E-state index in [9.17, 15) is 4.79 Å². The topological polar surface area (TPSA) is 59.6 Å². The maximum Gasteiger partial charge on any atom is 0.264 e. The van der Waals surface area contributed by atoms with Gasteiger partial charge in [0.2, 0.25) is 0 Å². The standard InChI is InChI=1S/C16H14BrClN2O3S/c1-22-12-5-3-11(4-6-12)19-16(24)20-15(21)9-23-14-7-2-10(17)8-13(14)18/h2-8H,9H2,1H3,(H2,19,20,21,24). The van der Waals surface area contributed by atoms with Gasteiger partial charge >= 0.3 is 0 Å². The van der Waals surface area contributed by atoms with Gasteiger partial charge in [-0.2, -0.15) is 0 Å². The maximum absolute atomic E-state index is 11.9. The van der Waals surface area contributed by atoms with E-state index in [0.29, 0.717) is 10.8 Å². The van der Waals surface area contributed by atoms with E-state index < -0.39 is 0 Å². The number of amides is 1. The van der Waals surface area contributed by atoms with Crippen LogP contribution < -0.4 is 20.1 Å². The third-order valence-electron chi connectivity index (χ3n) is 2.85. The molecule has 2 N–H and O–H groups in total. The number of benzene rings is 2. The molecule has 0 saturated carbocycles. The first kappa shape index (κ1) is 18.5. The lowest BCUT2D eigenvalue weighted by Gasteiger charge is -2.11. The minimum absolute atomic E-state index is 0.177. The molecule has 0 aliphatic rings. The van der Waals surface area contributed by atoms with E-state index in [1.165, 1.54) is 0 Å². The van der Waals surface area contributed by atoms with Crippen molar-refractivity contribution in [3.8, 4) is 11.5 Å². The number of hydrogen-bond donors (Lipinski definition) is 2. The van der Waals surface area contributed by atoms with E-state index in [0.717, 1.165) is 15.9 Å². The molecule has 0 radical (unpaired) electrons. The molecule has 0 aromatic heterocycles. The fraction of sp³-hybridized carbons (Fsp3) is 0.125. The van der Waals surface area contributed by atoms with Crippen molar-refractivity contribution < 1.29 is 14.3 Å². The van der Waals surface area contributed by atoms with Crippen LogP contribution in [-0.4, -0.2) is 24.7 Å². The summed E-state index contributed by atoms with van der Waals surface area (Å²) in [6.07, 6.45) is 0. The van der Waals surface area contributed by atoms with Crippen LogP contribution in [0.1, 0.15) is 0 Å². The number of carbonyl (C=O) groups is 1. The van der Waals surface area contributed by atoms with Gasteiger partial charge in [-0.3, -0.25) is 10.1 Å². The quantitative estimate of drug-likeness (QED) is 0.704. The van der Waals surface area contributed by atoms with Crippen LogP contribution in [0.25, 0.3) is 0 Å². The van der Waals surface area contributed by atoms with E-state index in [-0.39, 0.29) is 17.6 Å². The van der Waals surface area contributed by atoms with E-state index in [1.807, 2.05) is 0 Å². The van der Waals surface area contributed by atoms with Crippen molar-refractivity contribution in [2.45, 2.75) is 0 Å². The second-order valence-corrected chi connectivity index (χ2v) is 6.33. The second-order valence-electron chi connectivity index (χ2n) is 4.59. The molecule has 2 aromatic carbocycles. The number of nitrogens with one attached hydrogen (secondary N) is 2. The van der Waals surface area contributed by atoms with Gasteiger partial charge in [0.05, 0.1) is 12.1 Å². The van der Waals surface area contributed by atoms with E-state index in [1.54, 1.807) is 49.6 Å². The molecule has 0 spiro atoms. The van der Waals surface area contributed by atoms with Crippen molar-refractivity contribution in [2.75, 3.05) is 19.0 Å². The van der Waals surface area contributed by atoms with Crippen LogP contribution in [-0.2, 0) is 4.79 Å². The van der Waals surface area contributed by atoms with Crippen LogP contribution in [0.5, 0.6) is 11.5 Å². The fourth-order valence-electron chi connectivity index (χ4n) is 1.73. The van der Waals surface area contributed by atoms with Gasteiger partial charge in [-0.05, 0) is 54.7 Å². The molecule has 0 unspecified atom stereocenters. The van der Waals surface area contributed by atoms with Crippen molar-refractivity contribution >= 4 is 56.5 Å². The third-order valence-corrected chi connectivity index (χ3v) is 3.85. The van der Waals surface area contributed by atoms with E-state index >= 15 is 0 Å². The first-order valence-corrected chi connectivity index (χ1v) is 8.38. The Hall–Kier alpha value is -1.83. The number of hydrogen-bond acceptors (Lipinski definition) is 4. The molecule has 0 atom stereocenters. The lowest BCUT2D eigenvalue weighted by molar-refractivity contribution is -0.121. The highest BCUT2D eigenvalue weighted by Crippen LogP contribution is 2.27. The van der Waals surface area contributed by atoms with E-state index in [2.05, 4.69) is 26.6 Å². The van der Waals surface area contributed by atoms with E-state index in [4.69, 9.17) is 33.3 Å². The SMILES string of the molecule is COc1ccc(NC(=S)NC(=O)COc2ccc(Br)cc2Cl)cc1. The van der Waals surface area contributed by atoms with Crippen molar-refractivity contribution in [3.63, 3.8) is 0 Å². The molecule has 5 nitrogen and oxygen atoms in total. The molecule has 0 heterocycles. The Morgan fingerprint density at radius 1 is 1.25 bits per heavy atom. The van der Waals surface area contributed by atoms with Gasteiger partial charge in [0.15, 0.2) is 11.7 Å². The summed E-state index contributed by atoms with van der Waals surface area (Å²) in [6, 6.07) is 12.3. The largest absolute Gasteiger partial charge is 0.497 e. The highest BCUT2D eigenvalue weighted by Gasteiger charge is 2.08. The molecule has 0 aliphatic heterocycles. The highest BCUT2D eigenvalue weighted by atomic mass is 79.9. The zero-order valence-electron chi connectivity index (χ0n) is 12.6. The molecule has 0 saturated heterocycles. The molecule has 8 heteroatoms. The van der Waals surface area contributed by atoms with Crippen molar-refractivity contribution in [2.24, 2.45) is 0 Å². The van der Waals surface area contributed by atoms with Gasteiger partial charge in [-0.25, -0.2) is 0 Å². The Balaban J connectivity index is 1.81. The van der Waals surface area contributed by atoms with Gasteiger partial charge in [0.1, 0.15) is 11.5 Å². The molecule has 1 amide bonds. The Kier molecular flexibility index (Phi) is 6.84. The summed E-state index contributed by atoms with van der Waals surface area (Å²) in [5.41, 5.74) is 0.734. The summed E-state index contributed by atoms with van der Waals surface area (Å²) in [5.74, 6) is 0.763. The molecule has 0 fully saturated rings. The Morgan fingerprint density at radius 3 is 2.58 bits per heavy atom. The van der Waals surface area contributed by atoms with Crippen LogP contribution in [0.15, 0.2) is 46.9 Å². The molecule has 2 rings (SSSR count). The molecule has 2 aromatic rings. The summed E-state index contributed by atoms with van der Waals surface area (Å²) in [4.78, 5) is 11.9. The molecule has 0 aliphatic carbocycles. The molecular weight excluding hydrogens is 416 g/mol. The summed E-state index contributed by atoms with van der Waals surface area (Å²) < 4.78 is 11.3. The minimum atomic E-state index is -0.389. The van der Waals surface area contributed by atoms with Gasteiger partial charge in [0, 0.05) is 10.2 Å². The van der Waals surface area contributed by atoms with Crippen LogP contribution in [0, 0.1) is 0 Å². The summed E-state index contributed by atoms with van der Waals surface area (Å²) >= 11 is 14.4. The average Bonchev–Trinajstić information content (AvgIpc) is 2.54. The molecule has 24 heavy (non-hydrogen) atoms.